The molecular formula is C19H22N2O7. The highest BCUT2D eigenvalue weighted by Gasteiger charge is 2.24. The molecule has 0 radical (unpaired) electrons. The van der Waals surface area contributed by atoms with Gasteiger partial charge in [-0.1, -0.05) is 19.8 Å². The lowest BCUT2D eigenvalue weighted by molar-refractivity contribution is -0.385. The third-order valence-corrected chi connectivity index (χ3v) is 4.92. The number of nitro benzene ring substituents is 1. The molecule has 2 aliphatic rings. The van der Waals surface area contributed by atoms with E-state index >= 15 is 0 Å². The van der Waals surface area contributed by atoms with Crippen molar-refractivity contribution in [2.75, 3.05) is 13.4 Å². The van der Waals surface area contributed by atoms with Crippen LogP contribution < -0.4 is 14.8 Å². The van der Waals surface area contributed by atoms with Crippen LogP contribution in [-0.2, 0) is 14.3 Å². The second-order valence-corrected chi connectivity index (χ2v) is 6.90. The van der Waals surface area contributed by atoms with Crippen molar-refractivity contribution >= 4 is 23.6 Å². The number of rotatable bonds is 6. The van der Waals surface area contributed by atoms with E-state index in [4.69, 9.17) is 14.2 Å². The number of hydrogen-bond acceptors (Lipinski definition) is 7. The first-order chi connectivity index (χ1) is 13.4. The lowest BCUT2D eigenvalue weighted by Crippen LogP contribution is -2.42. The topological polar surface area (TPSA) is 117 Å². The number of amides is 1. The van der Waals surface area contributed by atoms with Gasteiger partial charge in [-0.3, -0.25) is 14.9 Å². The lowest BCUT2D eigenvalue weighted by Gasteiger charge is -2.29. The molecule has 0 spiro atoms. The summed E-state index contributed by atoms with van der Waals surface area (Å²) in [6, 6.07) is 2.76. The Morgan fingerprint density at radius 2 is 2.00 bits per heavy atom. The second kappa shape index (κ2) is 8.73. The summed E-state index contributed by atoms with van der Waals surface area (Å²) in [5.74, 6) is -0.0761. The van der Waals surface area contributed by atoms with Gasteiger partial charge in [0.1, 0.15) is 0 Å². The fourth-order valence-electron chi connectivity index (χ4n) is 3.36. The minimum Gasteiger partial charge on any atom is -0.454 e. The molecule has 1 heterocycles. The SMILES string of the molecule is C[C@H]1CCCC[C@@H]1NC(=O)COC(=O)/C=C/c1cc2c(cc1[N+](=O)[O-])OCO2. The van der Waals surface area contributed by atoms with E-state index in [1.165, 1.54) is 24.6 Å². The van der Waals surface area contributed by atoms with Crippen LogP contribution in [0.2, 0.25) is 0 Å². The summed E-state index contributed by atoms with van der Waals surface area (Å²) in [4.78, 5) is 34.5. The van der Waals surface area contributed by atoms with Crippen LogP contribution in [0.4, 0.5) is 5.69 Å². The number of fused-ring (bicyclic) bond motifs is 1. The highest BCUT2D eigenvalue weighted by Crippen LogP contribution is 2.38. The van der Waals surface area contributed by atoms with Crippen molar-refractivity contribution in [1.82, 2.24) is 5.32 Å². The Bertz CT molecular complexity index is 806. The molecule has 2 atom stereocenters. The first kappa shape index (κ1) is 19.7. The second-order valence-electron chi connectivity index (χ2n) is 6.90. The zero-order valence-electron chi connectivity index (χ0n) is 15.5. The highest BCUT2D eigenvalue weighted by atomic mass is 16.7. The monoisotopic (exact) mass is 390 g/mol. The molecule has 3 rings (SSSR count). The molecule has 150 valence electrons. The molecule has 0 bridgehead atoms. The van der Waals surface area contributed by atoms with Crippen molar-refractivity contribution in [2.24, 2.45) is 5.92 Å². The predicted octanol–water partition coefficient (Wildman–Crippen LogP) is 2.57. The number of nitrogens with one attached hydrogen (secondary N) is 1. The van der Waals surface area contributed by atoms with Crippen molar-refractivity contribution in [3.05, 3.63) is 33.9 Å². The van der Waals surface area contributed by atoms with Gasteiger partial charge in [0, 0.05) is 12.1 Å². The van der Waals surface area contributed by atoms with E-state index in [-0.39, 0.29) is 35.7 Å². The summed E-state index contributed by atoms with van der Waals surface area (Å²) in [6.07, 6.45) is 6.53. The fraction of sp³-hybridized carbons (Fsp3) is 0.474. The van der Waals surface area contributed by atoms with Crippen molar-refractivity contribution < 1.29 is 28.7 Å². The van der Waals surface area contributed by atoms with Crippen LogP contribution in [0.5, 0.6) is 11.5 Å². The molecule has 0 saturated heterocycles. The van der Waals surface area contributed by atoms with Gasteiger partial charge in [0.2, 0.25) is 6.79 Å². The number of benzene rings is 1. The smallest absolute Gasteiger partial charge is 0.331 e. The molecule has 1 aromatic carbocycles. The van der Waals surface area contributed by atoms with Gasteiger partial charge in [-0.25, -0.2) is 4.79 Å². The lowest BCUT2D eigenvalue weighted by atomic mass is 9.86. The maximum Gasteiger partial charge on any atom is 0.331 e. The van der Waals surface area contributed by atoms with Crippen LogP contribution in [0.1, 0.15) is 38.2 Å². The van der Waals surface area contributed by atoms with Gasteiger partial charge in [0.25, 0.3) is 11.6 Å². The van der Waals surface area contributed by atoms with Gasteiger partial charge in [0.15, 0.2) is 18.1 Å². The number of carbonyl (C=O) groups excluding carboxylic acids is 2. The predicted molar refractivity (Wildman–Crippen MR) is 98.8 cm³/mol. The maximum absolute atomic E-state index is 12.0. The minimum absolute atomic E-state index is 0.0174. The van der Waals surface area contributed by atoms with E-state index < -0.39 is 17.5 Å². The van der Waals surface area contributed by atoms with Crippen LogP contribution in [0.25, 0.3) is 6.08 Å². The standard InChI is InChI=1S/C19H22N2O7/c1-12-4-2-3-5-14(12)20-18(22)10-26-19(23)7-6-13-8-16-17(28-11-27-16)9-15(13)21(24)25/h6-9,12,14H,2-5,10-11H2,1H3,(H,20,22)/b7-6+/t12-,14-/m0/s1. The quantitative estimate of drug-likeness (QED) is 0.343. The Labute approximate surface area is 161 Å². The Kier molecular flexibility index (Phi) is 6.13. The van der Waals surface area contributed by atoms with Crippen molar-refractivity contribution in [3.63, 3.8) is 0 Å². The molecule has 0 unspecified atom stereocenters. The maximum atomic E-state index is 12.0. The van der Waals surface area contributed by atoms with E-state index in [2.05, 4.69) is 12.2 Å². The van der Waals surface area contributed by atoms with E-state index in [0.29, 0.717) is 11.7 Å². The van der Waals surface area contributed by atoms with Gasteiger partial charge >= 0.3 is 5.97 Å². The van der Waals surface area contributed by atoms with Crippen molar-refractivity contribution in [1.29, 1.82) is 0 Å². The number of carbonyl (C=O) groups is 2. The number of nitrogens with zero attached hydrogens (tertiary/aromatic N) is 1. The normalized spacial score (nSPS) is 20.8. The van der Waals surface area contributed by atoms with Crippen molar-refractivity contribution in [3.8, 4) is 11.5 Å². The summed E-state index contributed by atoms with van der Waals surface area (Å²) in [5.41, 5.74) is -0.0518. The van der Waals surface area contributed by atoms with E-state index in [1.54, 1.807) is 0 Å². The van der Waals surface area contributed by atoms with Crippen LogP contribution >= 0.6 is 0 Å². The largest absolute Gasteiger partial charge is 0.454 e. The highest BCUT2D eigenvalue weighted by molar-refractivity contribution is 5.90. The number of esters is 1. The summed E-state index contributed by atoms with van der Waals surface area (Å²) in [7, 11) is 0. The molecule has 1 fully saturated rings. The van der Waals surface area contributed by atoms with Crippen molar-refractivity contribution in [2.45, 2.75) is 38.6 Å². The first-order valence-corrected chi connectivity index (χ1v) is 9.16. The summed E-state index contributed by atoms with van der Waals surface area (Å²) in [6.45, 7) is 1.68. The summed E-state index contributed by atoms with van der Waals surface area (Å²) < 4.78 is 15.2. The molecule has 0 aromatic heterocycles. The fourth-order valence-corrected chi connectivity index (χ4v) is 3.36. The molecule has 1 amide bonds. The first-order valence-electron chi connectivity index (χ1n) is 9.16. The van der Waals surface area contributed by atoms with Gasteiger partial charge in [0.05, 0.1) is 16.6 Å². The van der Waals surface area contributed by atoms with Gasteiger partial charge in [-0.05, 0) is 30.9 Å². The zero-order chi connectivity index (χ0) is 20.1. The van der Waals surface area contributed by atoms with Gasteiger partial charge < -0.3 is 19.5 Å². The number of hydrogen-bond donors (Lipinski definition) is 1. The van der Waals surface area contributed by atoms with Gasteiger partial charge in [-0.15, -0.1) is 0 Å². The summed E-state index contributed by atoms with van der Waals surface area (Å²) >= 11 is 0. The molecule has 9 nitrogen and oxygen atoms in total. The Hall–Kier alpha value is -3.10. The van der Waals surface area contributed by atoms with Gasteiger partial charge in [-0.2, -0.15) is 0 Å². The van der Waals surface area contributed by atoms with Crippen LogP contribution in [-0.4, -0.2) is 36.2 Å². The molecule has 9 heteroatoms. The molecule has 1 aliphatic heterocycles. The van der Waals surface area contributed by atoms with Crippen LogP contribution in [0.3, 0.4) is 0 Å². The average Bonchev–Trinajstić information content (AvgIpc) is 3.13. The third kappa shape index (κ3) is 4.79. The van der Waals surface area contributed by atoms with E-state index in [0.717, 1.165) is 25.3 Å². The number of ether oxygens (including phenoxy) is 3. The average molecular weight is 390 g/mol. The zero-order valence-corrected chi connectivity index (χ0v) is 15.5. The molecule has 1 N–H and O–H groups in total. The molecule has 1 aliphatic carbocycles. The molecule has 1 saturated carbocycles. The van der Waals surface area contributed by atoms with Crippen LogP contribution in [0, 0.1) is 16.0 Å². The van der Waals surface area contributed by atoms with E-state index in [9.17, 15) is 19.7 Å². The molecule has 28 heavy (non-hydrogen) atoms. The summed E-state index contributed by atoms with van der Waals surface area (Å²) in [5, 5.41) is 14.1. The molecular weight excluding hydrogens is 368 g/mol. The Balaban J connectivity index is 1.55. The van der Waals surface area contributed by atoms with Crippen LogP contribution in [0.15, 0.2) is 18.2 Å². The molecule has 1 aromatic rings. The Morgan fingerprint density at radius 3 is 2.71 bits per heavy atom. The van der Waals surface area contributed by atoms with E-state index in [1.807, 2.05) is 0 Å². The number of nitro groups is 1. The third-order valence-electron chi connectivity index (χ3n) is 4.92. The Morgan fingerprint density at radius 1 is 1.29 bits per heavy atom. The minimum atomic E-state index is -0.765.